The van der Waals surface area contributed by atoms with Crippen LogP contribution < -0.4 is 0 Å². The lowest BCUT2D eigenvalue weighted by Gasteiger charge is -2.54. The van der Waals surface area contributed by atoms with Crippen molar-refractivity contribution in [3.63, 3.8) is 0 Å². The van der Waals surface area contributed by atoms with Crippen molar-refractivity contribution in [2.24, 2.45) is 28.6 Å². The molecule has 0 amide bonds. The summed E-state index contributed by atoms with van der Waals surface area (Å²) in [6.07, 6.45) is 11.8. The van der Waals surface area contributed by atoms with E-state index in [4.69, 9.17) is 4.42 Å². The van der Waals surface area contributed by atoms with E-state index in [2.05, 4.69) is 19.9 Å². The van der Waals surface area contributed by atoms with Crippen LogP contribution in [0.25, 0.3) is 0 Å². The predicted octanol–water partition coefficient (Wildman–Crippen LogP) is 6.21. The minimum absolute atomic E-state index is 0.0668. The molecule has 4 heteroatoms. The minimum atomic E-state index is -0.676. The van der Waals surface area contributed by atoms with Crippen LogP contribution in [0.15, 0.2) is 39.8 Å². The fourth-order valence-electron chi connectivity index (χ4n) is 7.70. The van der Waals surface area contributed by atoms with Gasteiger partial charge in [0, 0.05) is 11.8 Å². The Hall–Kier alpha value is -2.10. The number of aryl methyl sites for hydroxylation is 1. The summed E-state index contributed by atoms with van der Waals surface area (Å²) in [6, 6.07) is 3.92. The highest BCUT2D eigenvalue weighted by Gasteiger charge is 2.56. The number of rotatable bonds is 4. The highest BCUT2D eigenvalue weighted by atomic mass is 16.4. The third-order valence-corrected chi connectivity index (χ3v) is 9.41. The fraction of sp³-hybridized carbons (Fsp3) is 0.630. The molecule has 4 aliphatic rings. The monoisotopic (exact) mass is 422 g/mol. The van der Waals surface area contributed by atoms with Crippen molar-refractivity contribution in [3.8, 4) is 0 Å². The van der Waals surface area contributed by atoms with E-state index in [0.29, 0.717) is 17.8 Å². The van der Waals surface area contributed by atoms with E-state index in [1.54, 1.807) is 5.57 Å². The lowest BCUT2D eigenvalue weighted by atomic mass is 9.50. The zero-order valence-corrected chi connectivity index (χ0v) is 18.9. The summed E-state index contributed by atoms with van der Waals surface area (Å²) in [7, 11) is 0. The number of hydrogen-bond donors (Lipinski definition) is 1. The molecule has 1 aromatic heterocycles. The number of fused-ring (bicyclic) bond motifs is 5. The predicted molar refractivity (Wildman–Crippen MR) is 119 cm³/mol. The molecule has 2 fully saturated rings. The van der Waals surface area contributed by atoms with Crippen LogP contribution in [-0.4, -0.2) is 16.9 Å². The molecular formula is C27H34O4. The first-order valence-corrected chi connectivity index (χ1v) is 12.0. The van der Waals surface area contributed by atoms with Gasteiger partial charge in [0.2, 0.25) is 0 Å². The summed E-state index contributed by atoms with van der Waals surface area (Å²) in [6.45, 7) is 6.70. The Morgan fingerprint density at radius 3 is 2.74 bits per heavy atom. The Bertz CT molecular complexity index is 981. The SMILES string of the molecule is Cc1ccc(C2C[C@@]3(C)C(=CC2=O)CC[C@@H]2C3=CC[C@]3(C)[C@@H](CCC(=O)O)CC[C@@H]23)o1. The first kappa shape index (κ1) is 20.8. The van der Waals surface area contributed by atoms with Crippen LogP contribution in [0, 0.1) is 35.5 Å². The lowest BCUT2D eigenvalue weighted by Crippen LogP contribution is -2.45. The number of carbonyl (C=O) groups is 2. The Morgan fingerprint density at radius 2 is 2.03 bits per heavy atom. The van der Waals surface area contributed by atoms with Crippen molar-refractivity contribution < 1.29 is 19.1 Å². The van der Waals surface area contributed by atoms with E-state index in [9.17, 15) is 14.7 Å². The molecule has 1 unspecified atom stereocenters. The first-order chi connectivity index (χ1) is 14.7. The maximum atomic E-state index is 13.0. The Morgan fingerprint density at radius 1 is 1.23 bits per heavy atom. The van der Waals surface area contributed by atoms with Gasteiger partial charge >= 0.3 is 5.97 Å². The summed E-state index contributed by atoms with van der Waals surface area (Å²) in [4.78, 5) is 24.1. The molecule has 0 bridgehead atoms. The largest absolute Gasteiger partial charge is 0.481 e. The molecule has 1 N–H and O–H groups in total. The van der Waals surface area contributed by atoms with E-state index in [1.807, 2.05) is 25.1 Å². The fourth-order valence-corrected chi connectivity index (χ4v) is 7.70. The maximum Gasteiger partial charge on any atom is 0.303 e. The molecule has 31 heavy (non-hydrogen) atoms. The second kappa shape index (κ2) is 7.21. The van der Waals surface area contributed by atoms with Crippen molar-refractivity contribution in [3.05, 3.63) is 47.0 Å². The smallest absolute Gasteiger partial charge is 0.303 e. The molecule has 166 valence electrons. The van der Waals surface area contributed by atoms with E-state index in [0.717, 1.165) is 50.0 Å². The van der Waals surface area contributed by atoms with Crippen molar-refractivity contribution in [2.75, 3.05) is 0 Å². The van der Waals surface area contributed by atoms with Gasteiger partial charge in [0.15, 0.2) is 5.78 Å². The van der Waals surface area contributed by atoms with Crippen molar-refractivity contribution >= 4 is 11.8 Å². The molecule has 2 saturated carbocycles. The van der Waals surface area contributed by atoms with Crippen molar-refractivity contribution in [1.29, 1.82) is 0 Å². The lowest BCUT2D eigenvalue weighted by molar-refractivity contribution is -0.137. The number of carboxylic acid groups (broad SMARTS) is 1. The molecule has 0 aromatic carbocycles. The number of hydrogen-bond acceptors (Lipinski definition) is 3. The normalized spacial score (nSPS) is 39.3. The Balaban J connectivity index is 1.46. The van der Waals surface area contributed by atoms with Gasteiger partial charge in [0.1, 0.15) is 11.5 Å². The van der Waals surface area contributed by atoms with E-state index in [1.165, 1.54) is 12.0 Å². The molecule has 0 spiro atoms. The average Bonchev–Trinajstić information content (AvgIpc) is 3.29. The quantitative estimate of drug-likeness (QED) is 0.585. The molecule has 4 nitrogen and oxygen atoms in total. The van der Waals surface area contributed by atoms with Crippen LogP contribution in [0.5, 0.6) is 0 Å². The molecule has 0 saturated heterocycles. The number of ketones is 1. The van der Waals surface area contributed by atoms with Crippen LogP contribution in [0.1, 0.15) is 82.7 Å². The molecule has 5 rings (SSSR count). The summed E-state index contributed by atoms with van der Waals surface area (Å²) in [5, 5.41) is 9.19. The Kier molecular flexibility index (Phi) is 4.84. The zero-order chi connectivity index (χ0) is 22.0. The summed E-state index contributed by atoms with van der Waals surface area (Å²) in [5.41, 5.74) is 3.00. The van der Waals surface area contributed by atoms with Gasteiger partial charge in [-0.15, -0.1) is 0 Å². The summed E-state index contributed by atoms with van der Waals surface area (Å²) in [5.74, 6) is 2.67. The van der Waals surface area contributed by atoms with E-state index in [-0.39, 0.29) is 29.0 Å². The zero-order valence-electron chi connectivity index (χ0n) is 18.9. The first-order valence-electron chi connectivity index (χ1n) is 12.0. The molecule has 1 aromatic rings. The standard InChI is InChI=1S/C27H34O4/c1-16-4-10-24(31-16)20-15-27(3)18(14-23(20)28)5-8-19-21-9-6-17(7-11-25(29)30)26(21,2)13-12-22(19)27/h4,10,12,14,17,19-21H,5-9,11,13,15H2,1-3H3,(H,29,30)/t17-,19+,20?,21+,26-,27+/m1/s1. The van der Waals surface area contributed by atoms with Crippen LogP contribution >= 0.6 is 0 Å². The number of carbonyl (C=O) groups excluding carboxylic acids is 1. The van der Waals surface area contributed by atoms with Crippen LogP contribution in [0.2, 0.25) is 0 Å². The molecule has 0 radical (unpaired) electrons. The number of furan rings is 1. The van der Waals surface area contributed by atoms with Crippen LogP contribution in [0.3, 0.4) is 0 Å². The van der Waals surface area contributed by atoms with Gasteiger partial charge in [-0.1, -0.05) is 31.1 Å². The van der Waals surface area contributed by atoms with Crippen molar-refractivity contribution in [1.82, 2.24) is 0 Å². The third kappa shape index (κ3) is 3.16. The van der Waals surface area contributed by atoms with E-state index >= 15 is 0 Å². The molecule has 6 atom stereocenters. The van der Waals surface area contributed by atoms with Gasteiger partial charge in [-0.05, 0) is 93.2 Å². The number of allylic oxidation sites excluding steroid dienone is 4. The second-order valence-corrected chi connectivity index (χ2v) is 10.9. The van der Waals surface area contributed by atoms with Gasteiger partial charge in [-0.3, -0.25) is 9.59 Å². The maximum absolute atomic E-state index is 13.0. The summed E-state index contributed by atoms with van der Waals surface area (Å²) >= 11 is 0. The summed E-state index contributed by atoms with van der Waals surface area (Å²) < 4.78 is 5.88. The van der Waals surface area contributed by atoms with Crippen LogP contribution in [0.4, 0.5) is 0 Å². The average molecular weight is 423 g/mol. The topological polar surface area (TPSA) is 67.5 Å². The van der Waals surface area contributed by atoms with E-state index < -0.39 is 5.97 Å². The second-order valence-electron chi connectivity index (χ2n) is 10.9. The van der Waals surface area contributed by atoms with Gasteiger partial charge in [0.05, 0.1) is 5.92 Å². The van der Waals surface area contributed by atoms with Crippen molar-refractivity contribution in [2.45, 2.75) is 78.1 Å². The molecule has 1 heterocycles. The van der Waals surface area contributed by atoms with Gasteiger partial charge in [-0.2, -0.15) is 0 Å². The number of aliphatic carboxylic acids is 1. The molecular weight excluding hydrogens is 388 g/mol. The number of carboxylic acids is 1. The Labute approximate surface area is 184 Å². The van der Waals surface area contributed by atoms with Gasteiger partial charge in [-0.25, -0.2) is 0 Å². The molecule has 4 aliphatic carbocycles. The minimum Gasteiger partial charge on any atom is -0.481 e. The van der Waals surface area contributed by atoms with Gasteiger partial charge in [0.25, 0.3) is 0 Å². The molecule has 0 aliphatic heterocycles. The third-order valence-electron chi connectivity index (χ3n) is 9.41. The highest BCUT2D eigenvalue weighted by molar-refractivity contribution is 5.97. The van der Waals surface area contributed by atoms with Crippen LogP contribution in [-0.2, 0) is 9.59 Å². The van der Waals surface area contributed by atoms with Gasteiger partial charge < -0.3 is 9.52 Å². The highest BCUT2D eigenvalue weighted by Crippen LogP contribution is 2.65.